The van der Waals surface area contributed by atoms with Crippen LogP contribution in [0.5, 0.6) is 0 Å². The number of hydrogen-bond donors (Lipinski definition) is 0. The maximum absolute atomic E-state index is 12.6. The van der Waals surface area contributed by atoms with Gasteiger partial charge in [0.05, 0.1) is 5.92 Å². The maximum Gasteiger partial charge on any atom is 0.392 e. The van der Waals surface area contributed by atoms with E-state index in [0.29, 0.717) is 18.7 Å². The van der Waals surface area contributed by atoms with E-state index in [1.807, 2.05) is 6.92 Å². The highest BCUT2D eigenvalue weighted by molar-refractivity contribution is 6.17. The molecule has 0 spiro atoms. The first kappa shape index (κ1) is 12.2. The zero-order chi connectivity index (χ0) is 11.0. The van der Waals surface area contributed by atoms with Crippen molar-refractivity contribution in [3.63, 3.8) is 0 Å². The number of alkyl halides is 4. The molecule has 0 aromatic carbocycles. The molecule has 0 radical (unpaired) electrons. The van der Waals surface area contributed by atoms with Crippen LogP contribution < -0.4 is 0 Å². The molecule has 0 saturated heterocycles. The van der Waals surface area contributed by atoms with E-state index in [2.05, 4.69) is 0 Å². The summed E-state index contributed by atoms with van der Waals surface area (Å²) in [7, 11) is 0. The molecule has 1 saturated carbocycles. The Labute approximate surface area is 87.8 Å². The molecule has 1 rings (SSSR count). The lowest BCUT2D eigenvalue weighted by Gasteiger charge is -2.26. The first-order valence-electron chi connectivity index (χ1n) is 5.01. The van der Waals surface area contributed by atoms with E-state index in [9.17, 15) is 13.2 Å². The average molecular weight is 229 g/mol. The topological polar surface area (TPSA) is 0 Å². The first-order valence-corrected chi connectivity index (χ1v) is 5.54. The summed E-state index contributed by atoms with van der Waals surface area (Å²) < 4.78 is 37.7. The lowest BCUT2D eigenvalue weighted by molar-refractivity contribution is -0.190. The van der Waals surface area contributed by atoms with Crippen LogP contribution in [-0.2, 0) is 0 Å². The third-order valence-corrected chi connectivity index (χ3v) is 3.97. The maximum atomic E-state index is 12.6. The van der Waals surface area contributed by atoms with Crippen molar-refractivity contribution in [2.75, 3.05) is 5.88 Å². The van der Waals surface area contributed by atoms with Crippen LogP contribution in [-0.4, -0.2) is 12.1 Å². The number of hydrogen-bond acceptors (Lipinski definition) is 0. The van der Waals surface area contributed by atoms with E-state index in [1.165, 1.54) is 6.92 Å². The van der Waals surface area contributed by atoms with Gasteiger partial charge in [0.15, 0.2) is 0 Å². The summed E-state index contributed by atoms with van der Waals surface area (Å²) in [6, 6.07) is 0. The van der Waals surface area contributed by atoms with Crippen LogP contribution in [0.25, 0.3) is 0 Å². The fraction of sp³-hybridized carbons (Fsp3) is 1.00. The van der Waals surface area contributed by atoms with Gasteiger partial charge in [0, 0.05) is 5.88 Å². The van der Waals surface area contributed by atoms with Crippen LogP contribution in [0, 0.1) is 17.3 Å². The Kier molecular flexibility index (Phi) is 3.40. The molecule has 0 aliphatic heterocycles. The predicted octanol–water partition coefficient (Wildman–Crippen LogP) is 4.23. The van der Waals surface area contributed by atoms with Gasteiger partial charge in [-0.05, 0) is 30.6 Å². The smallest absolute Gasteiger partial charge is 0.171 e. The zero-order valence-corrected chi connectivity index (χ0v) is 9.25. The van der Waals surface area contributed by atoms with Crippen molar-refractivity contribution in [2.24, 2.45) is 17.3 Å². The summed E-state index contributed by atoms with van der Waals surface area (Å²) in [4.78, 5) is 0. The van der Waals surface area contributed by atoms with Crippen LogP contribution >= 0.6 is 11.6 Å². The van der Waals surface area contributed by atoms with Gasteiger partial charge in [0.2, 0.25) is 0 Å². The molecule has 0 bridgehead atoms. The lowest BCUT2D eigenvalue weighted by atomic mass is 9.84. The highest BCUT2D eigenvalue weighted by Crippen LogP contribution is 2.64. The summed E-state index contributed by atoms with van der Waals surface area (Å²) >= 11 is 5.56. The van der Waals surface area contributed by atoms with Gasteiger partial charge in [0.25, 0.3) is 0 Å². The second-order valence-corrected chi connectivity index (χ2v) is 4.61. The number of rotatable bonds is 4. The van der Waals surface area contributed by atoms with Crippen molar-refractivity contribution < 1.29 is 13.2 Å². The predicted molar refractivity (Wildman–Crippen MR) is 51.4 cm³/mol. The Balaban J connectivity index is 2.65. The third-order valence-electron chi connectivity index (χ3n) is 3.75. The van der Waals surface area contributed by atoms with Crippen molar-refractivity contribution >= 4 is 11.6 Å². The summed E-state index contributed by atoms with van der Waals surface area (Å²) in [6.07, 6.45) is -2.04. The minimum absolute atomic E-state index is 0.182. The second kappa shape index (κ2) is 3.92. The van der Waals surface area contributed by atoms with Crippen LogP contribution in [0.15, 0.2) is 0 Å². The van der Waals surface area contributed by atoms with Crippen molar-refractivity contribution in [2.45, 2.75) is 39.3 Å². The summed E-state index contributed by atoms with van der Waals surface area (Å²) in [5.74, 6) is -0.536. The highest BCUT2D eigenvalue weighted by Gasteiger charge is 2.62. The molecule has 84 valence electrons. The highest BCUT2D eigenvalue weighted by atomic mass is 35.5. The quantitative estimate of drug-likeness (QED) is 0.632. The Morgan fingerprint density at radius 2 is 2.07 bits per heavy atom. The Hall–Kier alpha value is 0.0800. The largest absolute Gasteiger partial charge is 0.392 e. The van der Waals surface area contributed by atoms with E-state index in [-0.39, 0.29) is 5.92 Å². The van der Waals surface area contributed by atoms with E-state index in [1.54, 1.807) is 0 Å². The summed E-state index contributed by atoms with van der Waals surface area (Å²) in [5.41, 5.74) is -0.507. The molecule has 0 heterocycles. The van der Waals surface area contributed by atoms with Crippen LogP contribution in [0.3, 0.4) is 0 Å². The molecule has 14 heavy (non-hydrogen) atoms. The van der Waals surface area contributed by atoms with Crippen molar-refractivity contribution in [3.8, 4) is 0 Å². The fourth-order valence-corrected chi connectivity index (χ4v) is 2.78. The van der Waals surface area contributed by atoms with Gasteiger partial charge >= 0.3 is 6.18 Å². The molecule has 4 heteroatoms. The average Bonchev–Trinajstić information content (AvgIpc) is 2.78. The van der Waals surface area contributed by atoms with Crippen LogP contribution in [0.4, 0.5) is 13.2 Å². The lowest BCUT2D eigenvalue weighted by Crippen LogP contribution is -2.30. The molecule has 3 atom stereocenters. The molecule has 1 aliphatic rings. The van der Waals surface area contributed by atoms with Gasteiger partial charge < -0.3 is 0 Å². The van der Waals surface area contributed by atoms with Crippen molar-refractivity contribution in [1.29, 1.82) is 0 Å². The third kappa shape index (κ3) is 2.02. The second-order valence-electron chi connectivity index (χ2n) is 4.23. The standard InChI is InChI=1S/C10H16ClF3/c1-3-9(6-8(9)4-5-11)7(2)10(12,13)14/h7-8H,3-6H2,1-2H3. The van der Waals surface area contributed by atoms with Gasteiger partial charge in [-0.1, -0.05) is 13.8 Å². The van der Waals surface area contributed by atoms with E-state index >= 15 is 0 Å². The molecule has 3 unspecified atom stereocenters. The normalized spacial score (nSPS) is 34.3. The van der Waals surface area contributed by atoms with Gasteiger partial charge in [-0.2, -0.15) is 13.2 Å². The van der Waals surface area contributed by atoms with Gasteiger partial charge in [-0.15, -0.1) is 11.6 Å². The molecular weight excluding hydrogens is 213 g/mol. The van der Waals surface area contributed by atoms with Crippen LogP contribution in [0.1, 0.15) is 33.1 Å². The molecule has 0 nitrogen and oxygen atoms in total. The molecule has 0 N–H and O–H groups in total. The van der Waals surface area contributed by atoms with Gasteiger partial charge in [0.1, 0.15) is 0 Å². The van der Waals surface area contributed by atoms with Crippen LogP contribution in [0.2, 0.25) is 0 Å². The fourth-order valence-electron chi connectivity index (χ4n) is 2.52. The van der Waals surface area contributed by atoms with Gasteiger partial charge in [-0.25, -0.2) is 0 Å². The molecule has 1 fully saturated rings. The van der Waals surface area contributed by atoms with E-state index in [4.69, 9.17) is 11.6 Å². The molecule has 0 amide bonds. The Morgan fingerprint density at radius 3 is 2.43 bits per heavy atom. The summed E-state index contributed by atoms with van der Waals surface area (Å²) in [5, 5.41) is 0. The molecular formula is C10H16ClF3. The monoisotopic (exact) mass is 228 g/mol. The van der Waals surface area contributed by atoms with Crippen molar-refractivity contribution in [3.05, 3.63) is 0 Å². The first-order chi connectivity index (χ1) is 6.38. The van der Waals surface area contributed by atoms with Crippen molar-refractivity contribution in [1.82, 2.24) is 0 Å². The minimum atomic E-state index is -4.06. The minimum Gasteiger partial charge on any atom is -0.171 e. The SMILES string of the molecule is CCC1(C(C)C(F)(F)F)CC1CCCl. The molecule has 0 aromatic rings. The van der Waals surface area contributed by atoms with E-state index < -0.39 is 17.5 Å². The van der Waals surface area contributed by atoms with E-state index in [0.717, 1.165) is 6.42 Å². The summed E-state index contributed by atoms with van der Waals surface area (Å²) in [6.45, 7) is 3.15. The Bertz CT molecular complexity index is 202. The number of halogens is 4. The van der Waals surface area contributed by atoms with Gasteiger partial charge in [-0.3, -0.25) is 0 Å². The molecule has 0 aromatic heterocycles. The molecule has 1 aliphatic carbocycles. The zero-order valence-electron chi connectivity index (χ0n) is 8.49. The Morgan fingerprint density at radius 1 is 1.50 bits per heavy atom.